The van der Waals surface area contributed by atoms with Gasteiger partial charge in [0.15, 0.2) is 0 Å². The molecule has 0 radical (unpaired) electrons. The summed E-state index contributed by atoms with van der Waals surface area (Å²) in [6.45, 7) is 0. The van der Waals surface area contributed by atoms with Gasteiger partial charge in [-0.2, -0.15) is 47.4 Å². The largest absolute Gasteiger partial charge is 0.308 e. The molecule has 9 aromatic carbocycles. The summed E-state index contributed by atoms with van der Waals surface area (Å²) in [5.41, 5.74) is 13.8. The Bertz CT molecular complexity index is 4570. The van der Waals surface area contributed by atoms with Crippen molar-refractivity contribution in [2.75, 3.05) is 0 Å². The Hall–Kier alpha value is -12.9. The van der Waals surface area contributed by atoms with Crippen LogP contribution in [-0.2, 0) is 0 Å². The zero-order valence-corrected chi connectivity index (χ0v) is 41.7. The summed E-state index contributed by atoms with van der Waals surface area (Å²) in [4.78, 5) is 4.33. The zero-order valence-electron chi connectivity index (χ0n) is 41.7. The molecule has 362 valence electrons. The normalized spacial score (nSPS) is 10.6. The van der Waals surface area contributed by atoms with E-state index in [9.17, 15) is 47.4 Å². The summed E-state index contributed by atoms with van der Waals surface area (Å²) < 4.78 is 4.09. The molecule has 0 saturated heterocycles. The molecule has 3 heterocycles. The summed E-state index contributed by atoms with van der Waals surface area (Å²) in [7, 11) is 0. The number of hydrogen-bond donors (Lipinski definition) is 0. The molecular weight excluding hydrogens is 985 g/mol. The minimum atomic E-state index is 0.303. The van der Waals surface area contributed by atoms with Crippen LogP contribution in [-0.4, -0.2) is 14.1 Å². The first kappa shape index (κ1) is 48.1. The molecule has 0 unspecified atom stereocenters. The molecule has 12 aromatic rings. The Balaban J connectivity index is 1.18. The SMILES string of the molecule is N#Cc1ccc(-c2ccc3c(c2)c2cc(-c4ccc(C#N)cc4C#N)ccc2n3-c2cc(-c3ccncc3)cc(-n3c4ccc(-c5ccc(C#N)cc5C#N)cc4c4cc(-c5ccc(C#N)cc5C#N)ccc43)c2C#N)c(C#N)c1. The number of nitrogens with zero attached hydrogens (tertiary/aromatic N) is 12. The predicted molar refractivity (Wildman–Crippen MR) is 303 cm³/mol. The minimum absolute atomic E-state index is 0.303. The highest BCUT2D eigenvalue weighted by molar-refractivity contribution is 6.14. The highest BCUT2D eigenvalue weighted by atomic mass is 15.0. The van der Waals surface area contributed by atoms with Crippen LogP contribution in [0.1, 0.15) is 50.1 Å². The number of fused-ring (bicyclic) bond motifs is 6. The van der Waals surface area contributed by atoms with Gasteiger partial charge in [0.05, 0.1) is 127 Å². The summed E-state index contributed by atoms with van der Waals surface area (Å²) in [5, 5.41) is 95.0. The fourth-order valence-electron chi connectivity index (χ4n) is 10.9. The molecule has 3 aromatic heterocycles. The minimum Gasteiger partial charge on any atom is -0.308 e. The van der Waals surface area contributed by atoms with Crippen LogP contribution in [0.5, 0.6) is 0 Å². The monoisotopic (exact) mass is 1010 g/mol. The quantitative estimate of drug-likeness (QED) is 0.146. The van der Waals surface area contributed by atoms with Crippen LogP contribution in [0.3, 0.4) is 0 Å². The molecule has 0 aliphatic heterocycles. The van der Waals surface area contributed by atoms with Gasteiger partial charge < -0.3 is 9.13 Å². The molecule has 0 fully saturated rings. The first-order valence-corrected chi connectivity index (χ1v) is 24.7. The van der Waals surface area contributed by atoms with Gasteiger partial charge in [-0.3, -0.25) is 4.98 Å². The molecule has 0 aliphatic carbocycles. The van der Waals surface area contributed by atoms with E-state index >= 15 is 0 Å². The second-order valence-corrected chi connectivity index (χ2v) is 18.8. The molecule has 0 bridgehead atoms. The summed E-state index contributed by atoms with van der Waals surface area (Å²) in [6, 6.07) is 71.3. The van der Waals surface area contributed by atoms with Crippen LogP contribution in [0, 0.1) is 102 Å². The van der Waals surface area contributed by atoms with Crippen molar-refractivity contribution >= 4 is 43.6 Å². The van der Waals surface area contributed by atoms with Crippen molar-refractivity contribution in [1.29, 1.82) is 47.4 Å². The molecule has 0 atom stereocenters. The van der Waals surface area contributed by atoms with Gasteiger partial charge in [0.2, 0.25) is 0 Å². The van der Waals surface area contributed by atoms with E-state index in [0.717, 1.165) is 32.7 Å². The number of hydrogen-bond acceptors (Lipinski definition) is 10. The first-order chi connectivity index (χ1) is 39.2. The highest BCUT2D eigenvalue weighted by Crippen LogP contribution is 2.44. The smallest absolute Gasteiger partial charge is 0.104 e. The third kappa shape index (κ3) is 7.82. The van der Waals surface area contributed by atoms with Crippen molar-refractivity contribution in [2.24, 2.45) is 0 Å². The van der Waals surface area contributed by atoms with Crippen molar-refractivity contribution in [1.82, 2.24) is 14.1 Å². The van der Waals surface area contributed by atoms with E-state index in [1.807, 2.05) is 106 Å². The molecule has 12 heteroatoms. The molecule has 0 N–H and O–H groups in total. The summed E-state index contributed by atoms with van der Waals surface area (Å²) in [6.07, 6.45) is 3.41. The lowest BCUT2D eigenvalue weighted by Crippen LogP contribution is -2.05. The lowest BCUT2D eigenvalue weighted by molar-refractivity contribution is 1.12. The average molecular weight is 1020 g/mol. The van der Waals surface area contributed by atoms with Crippen LogP contribution < -0.4 is 0 Å². The van der Waals surface area contributed by atoms with Crippen molar-refractivity contribution in [3.8, 4) is 122 Å². The van der Waals surface area contributed by atoms with Crippen LogP contribution in [0.25, 0.3) is 111 Å². The third-order valence-corrected chi connectivity index (χ3v) is 14.6. The number of pyridine rings is 1. The standard InChI is InChI=1S/C68H30N12/c69-31-40-1-9-54(50(21-40)35-73)45-5-13-63-58(25-45)59-26-46(55-10-2-41(32-70)22-51(55)36-74)6-14-64(59)79(63)67-29-49(44-17-19-78-20-18-44)30-68(62(67)39-77)80-65-15-7-47(56-11-3-42(33-71)23-52(56)37-75)27-60(65)61-28-48(8-16-66(61)80)57-12-4-43(34-72)24-53(57)38-76/h1-30H. The lowest BCUT2D eigenvalue weighted by Gasteiger charge is -2.19. The molecule has 0 saturated carbocycles. The Kier molecular flexibility index (Phi) is 11.7. The Morgan fingerprint density at radius 1 is 0.263 bits per heavy atom. The highest BCUT2D eigenvalue weighted by Gasteiger charge is 2.25. The predicted octanol–water partition coefficient (Wildman–Crippen LogP) is 14.5. The van der Waals surface area contributed by atoms with E-state index in [4.69, 9.17) is 0 Å². The van der Waals surface area contributed by atoms with Gasteiger partial charge >= 0.3 is 0 Å². The van der Waals surface area contributed by atoms with E-state index in [1.165, 1.54) is 0 Å². The van der Waals surface area contributed by atoms with Crippen LogP contribution in [0.2, 0.25) is 0 Å². The topological polar surface area (TPSA) is 237 Å². The molecular formula is C68H30N12. The van der Waals surface area contributed by atoms with Gasteiger partial charge in [-0.1, -0.05) is 48.5 Å². The first-order valence-electron chi connectivity index (χ1n) is 24.7. The molecule has 12 nitrogen and oxygen atoms in total. The van der Waals surface area contributed by atoms with Gasteiger partial charge in [0.25, 0.3) is 0 Å². The van der Waals surface area contributed by atoms with Gasteiger partial charge in [-0.05, 0) is 177 Å². The van der Waals surface area contributed by atoms with E-state index < -0.39 is 0 Å². The van der Waals surface area contributed by atoms with Gasteiger partial charge in [-0.15, -0.1) is 0 Å². The molecule has 12 rings (SSSR count). The molecule has 0 spiro atoms. The fraction of sp³-hybridized carbons (Fsp3) is 0. The maximum Gasteiger partial charge on any atom is 0.104 e. The van der Waals surface area contributed by atoms with Gasteiger partial charge in [0.1, 0.15) is 11.6 Å². The van der Waals surface area contributed by atoms with Gasteiger partial charge in [-0.25, -0.2) is 0 Å². The van der Waals surface area contributed by atoms with Crippen molar-refractivity contribution in [3.63, 3.8) is 0 Å². The Labute approximate surface area is 456 Å². The zero-order chi connectivity index (χ0) is 55.2. The second kappa shape index (κ2) is 19.4. The van der Waals surface area contributed by atoms with E-state index in [0.29, 0.717) is 128 Å². The molecule has 0 amide bonds. The molecule has 0 aliphatic rings. The van der Waals surface area contributed by atoms with Crippen molar-refractivity contribution in [2.45, 2.75) is 0 Å². The maximum atomic E-state index is 11.8. The summed E-state index contributed by atoms with van der Waals surface area (Å²) in [5.74, 6) is 0. The van der Waals surface area contributed by atoms with Gasteiger partial charge in [0, 0.05) is 33.9 Å². The number of benzene rings is 9. The van der Waals surface area contributed by atoms with Crippen LogP contribution in [0.15, 0.2) is 182 Å². The van der Waals surface area contributed by atoms with E-state index in [2.05, 4.69) is 59.6 Å². The van der Waals surface area contributed by atoms with Crippen molar-refractivity contribution in [3.05, 3.63) is 232 Å². The third-order valence-electron chi connectivity index (χ3n) is 14.6. The van der Waals surface area contributed by atoms with E-state index in [1.54, 1.807) is 85.2 Å². The van der Waals surface area contributed by atoms with Crippen LogP contribution >= 0.6 is 0 Å². The summed E-state index contributed by atoms with van der Waals surface area (Å²) >= 11 is 0. The number of nitriles is 9. The fourth-order valence-corrected chi connectivity index (χ4v) is 10.9. The number of rotatable bonds is 7. The Morgan fingerprint density at radius 2 is 0.562 bits per heavy atom. The second-order valence-electron chi connectivity index (χ2n) is 18.8. The van der Waals surface area contributed by atoms with Crippen LogP contribution in [0.4, 0.5) is 0 Å². The van der Waals surface area contributed by atoms with E-state index in [-0.39, 0.29) is 0 Å². The molecule has 80 heavy (non-hydrogen) atoms. The Morgan fingerprint density at radius 3 is 0.825 bits per heavy atom. The lowest BCUT2D eigenvalue weighted by atomic mass is 9.95. The average Bonchev–Trinajstić information content (AvgIpc) is 4.20. The number of aromatic nitrogens is 3. The maximum absolute atomic E-state index is 11.8. The van der Waals surface area contributed by atoms with Crippen molar-refractivity contribution < 1.29 is 0 Å².